The Kier molecular flexibility index (Phi) is 8.40. The molecule has 0 aliphatic heterocycles. The minimum absolute atomic E-state index is 0.227. The molecule has 0 aliphatic rings. The highest BCUT2D eigenvalue weighted by Gasteiger charge is 2.36. The summed E-state index contributed by atoms with van der Waals surface area (Å²) < 4.78 is 5.39. The molecule has 0 heterocycles. The number of ether oxygens (including phenoxy) is 1. The van der Waals surface area contributed by atoms with E-state index >= 15 is 0 Å². The number of rotatable bonds is 8. The molecule has 0 aromatic carbocycles. The van der Waals surface area contributed by atoms with Gasteiger partial charge in [-0.2, -0.15) is 0 Å². The molecule has 0 aromatic rings. The Balaban J connectivity index is 5.07. The van der Waals surface area contributed by atoms with E-state index in [2.05, 4.69) is 15.9 Å². The van der Waals surface area contributed by atoms with Crippen LogP contribution in [-0.2, 0) is 14.3 Å². The summed E-state index contributed by atoms with van der Waals surface area (Å²) in [6.07, 6.45) is 1.77. The van der Waals surface area contributed by atoms with E-state index in [4.69, 9.17) is 4.74 Å². The van der Waals surface area contributed by atoms with Crippen LogP contribution in [-0.4, -0.2) is 28.0 Å². The Morgan fingerprint density at radius 1 is 1.20 bits per heavy atom. The van der Waals surface area contributed by atoms with Crippen LogP contribution < -0.4 is 0 Å². The summed E-state index contributed by atoms with van der Waals surface area (Å²) in [5, 5.41) is 10.2. The minimum atomic E-state index is -0.913. The number of carboxylic acids is 1. The molecule has 20 heavy (non-hydrogen) atoms. The van der Waals surface area contributed by atoms with Crippen molar-refractivity contribution in [3.05, 3.63) is 0 Å². The molecule has 0 saturated carbocycles. The van der Waals surface area contributed by atoms with Gasteiger partial charge in [-0.05, 0) is 46.0 Å². The van der Waals surface area contributed by atoms with Crippen molar-refractivity contribution in [1.82, 2.24) is 0 Å². The highest BCUT2D eigenvalue weighted by Crippen LogP contribution is 2.28. The first-order valence-electron chi connectivity index (χ1n) is 7.10. The number of aliphatic carboxylic acids is 1. The van der Waals surface area contributed by atoms with Crippen LogP contribution >= 0.6 is 15.9 Å². The maximum atomic E-state index is 12.3. The first-order chi connectivity index (χ1) is 9.08. The first kappa shape index (κ1) is 19.4. The Morgan fingerprint density at radius 3 is 2.10 bits per heavy atom. The average Bonchev–Trinajstić information content (AvgIpc) is 2.24. The van der Waals surface area contributed by atoms with Gasteiger partial charge in [0.05, 0.1) is 11.8 Å². The lowest BCUT2D eigenvalue weighted by Crippen LogP contribution is -2.36. The van der Waals surface area contributed by atoms with Gasteiger partial charge in [0.15, 0.2) is 0 Å². The predicted molar refractivity (Wildman–Crippen MR) is 82.9 cm³/mol. The van der Waals surface area contributed by atoms with Gasteiger partial charge < -0.3 is 9.84 Å². The number of esters is 1. The maximum absolute atomic E-state index is 12.3. The Hall–Kier alpha value is -0.580. The number of hydrogen-bond acceptors (Lipinski definition) is 3. The second-order valence-electron chi connectivity index (χ2n) is 6.55. The van der Waals surface area contributed by atoms with E-state index in [9.17, 15) is 14.7 Å². The molecule has 0 saturated heterocycles. The minimum Gasteiger partial charge on any atom is -0.481 e. The number of carbonyl (C=O) groups excluding carboxylic acids is 1. The van der Waals surface area contributed by atoms with Crippen molar-refractivity contribution in [2.24, 2.45) is 17.8 Å². The summed E-state index contributed by atoms with van der Waals surface area (Å²) in [5.41, 5.74) is -0.593. The molecule has 118 valence electrons. The average molecular weight is 351 g/mol. The van der Waals surface area contributed by atoms with E-state index in [1.807, 2.05) is 13.8 Å². The van der Waals surface area contributed by atoms with E-state index in [1.54, 1.807) is 20.8 Å². The van der Waals surface area contributed by atoms with Crippen LogP contribution in [0.5, 0.6) is 0 Å². The lowest BCUT2D eigenvalue weighted by atomic mass is 9.82. The molecular formula is C15H27BrO4. The molecule has 0 rings (SSSR count). The number of halogens is 1. The van der Waals surface area contributed by atoms with Gasteiger partial charge in [0, 0.05) is 5.33 Å². The molecule has 0 radical (unpaired) electrons. The van der Waals surface area contributed by atoms with Gasteiger partial charge in [0.1, 0.15) is 5.60 Å². The molecule has 1 N–H and O–H groups in total. The molecule has 0 amide bonds. The van der Waals surface area contributed by atoms with Crippen molar-refractivity contribution < 1.29 is 19.4 Å². The summed E-state index contributed by atoms with van der Waals surface area (Å²) in [5.74, 6) is -2.34. The van der Waals surface area contributed by atoms with Crippen molar-refractivity contribution >= 4 is 27.9 Å². The Morgan fingerprint density at radius 2 is 1.75 bits per heavy atom. The third-order valence-corrected chi connectivity index (χ3v) is 3.45. The Labute approximate surface area is 130 Å². The number of carboxylic acid groups (broad SMARTS) is 1. The molecular weight excluding hydrogens is 324 g/mol. The van der Waals surface area contributed by atoms with Gasteiger partial charge >= 0.3 is 11.9 Å². The van der Waals surface area contributed by atoms with E-state index in [1.165, 1.54) is 0 Å². The molecule has 0 aliphatic carbocycles. The van der Waals surface area contributed by atoms with E-state index in [-0.39, 0.29) is 5.92 Å². The summed E-state index contributed by atoms with van der Waals surface area (Å²) in [6.45, 7) is 9.32. The number of carbonyl (C=O) groups is 2. The van der Waals surface area contributed by atoms with Crippen LogP contribution in [0.25, 0.3) is 0 Å². The van der Waals surface area contributed by atoms with Crippen molar-refractivity contribution in [2.75, 3.05) is 5.33 Å². The second-order valence-corrected chi connectivity index (χ2v) is 7.34. The van der Waals surface area contributed by atoms with E-state index in [0.29, 0.717) is 12.8 Å². The van der Waals surface area contributed by atoms with Gasteiger partial charge in [-0.1, -0.05) is 29.8 Å². The normalized spacial score (nSPS) is 14.9. The molecule has 0 aromatic heterocycles. The zero-order valence-corrected chi connectivity index (χ0v) is 14.7. The van der Waals surface area contributed by atoms with Crippen LogP contribution in [0.2, 0.25) is 0 Å². The van der Waals surface area contributed by atoms with Crippen molar-refractivity contribution in [3.63, 3.8) is 0 Å². The van der Waals surface area contributed by atoms with Crippen LogP contribution in [0.15, 0.2) is 0 Å². The molecule has 0 fully saturated rings. The zero-order valence-electron chi connectivity index (χ0n) is 13.1. The van der Waals surface area contributed by atoms with Gasteiger partial charge in [-0.3, -0.25) is 9.59 Å². The van der Waals surface area contributed by atoms with E-state index < -0.39 is 29.4 Å². The molecule has 2 atom stereocenters. The molecule has 4 nitrogen and oxygen atoms in total. The summed E-state index contributed by atoms with van der Waals surface area (Å²) >= 11 is 3.33. The molecule has 1 unspecified atom stereocenters. The van der Waals surface area contributed by atoms with Gasteiger partial charge in [0.2, 0.25) is 0 Å². The van der Waals surface area contributed by atoms with Gasteiger partial charge in [-0.15, -0.1) is 0 Å². The monoisotopic (exact) mass is 350 g/mol. The van der Waals surface area contributed by atoms with Crippen molar-refractivity contribution in [2.45, 2.75) is 59.5 Å². The fraction of sp³-hybridized carbons (Fsp3) is 0.867. The summed E-state index contributed by atoms with van der Waals surface area (Å²) in [4.78, 5) is 23.8. The van der Waals surface area contributed by atoms with Crippen LogP contribution in [0.1, 0.15) is 53.9 Å². The smallest absolute Gasteiger partial charge is 0.310 e. The zero-order chi connectivity index (χ0) is 15.9. The lowest BCUT2D eigenvalue weighted by Gasteiger charge is -2.28. The lowest BCUT2D eigenvalue weighted by molar-refractivity contribution is -0.167. The third-order valence-electron chi connectivity index (χ3n) is 2.89. The second kappa shape index (κ2) is 8.65. The van der Waals surface area contributed by atoms with Crippen LogP contribution in [0, 0.1) is 17.8 Å². The number of alkyl halides is 1. The first-order valence-corrected chi connectivity index (χ1v) is 8.22. The maximum Gasteiger partial charge on any atom is 0.310 e. The number of hydrogen-bond donors (Lipinski definition) is 1. The van der Waals surface area contributed by atoms with Gasteiger partial charge in [-0.25, -0.2) is 0 Å². The standard InChI is InChI=1S/C15H27BrO4/c1-10(2)9-12(13(17)18)11(7-6-8-16)14(19)20-15(3,4)5/h10-12H,6-9H2,1-5H3,(H,17,18)/t11-,12?/m0/s1. The summed E-state index contributed by atoms with van der Waals surface area (Å²) in [7, 11) is 0. The molecule has 0 spiro atoms. The molecule has 0 bridgehead atoms. The van der Waals surface area contributed by atoms with Gasteiger partial charge in [0.25, 0.3) is 0 Å². The highest BCUT2D eigenvalue weighted by molar-refractivity contribution is 9.09. The largest absolute Gasteiger partial charge is 0.481 e. The fourth-order valence-electron chi connectivity index (χ4n) is 2.10. The van der Waals surface area contributed by atoms with E-state index in [0.717, 1.165) is 11.8 Å². The fourth-order valence-corrected chi connectivity index (χ4v) is 2.43. The third kappa shape index (κ3) is 7.88. The van der Waals surface area contributed by atoms with Crippen LogP contribution in [0.4, 0.5) is 0 Å². The molecule has 5 heteroatoms. The highest BCUT2D eigenvalue weighted by atomic mass is 79.9. The SMILES string of the molecule is CC(C)CC(C(=O)O)[C@H](CCCBr)C(=O)OC(C)(C)C. The summed E-state index contributed by atoms with van der Waals surface area (Å²) in [6, 6.07) is 0. The van der Waals surface area contributed by atoms with Crippen molar-refractivity contribution in [3.8, 4) is 0 Å². The quantitative estimate of drug-likeness (QED) is 0.533. The van der Waals surface area contributed by atoms with Crippen molar-refractivity contribution in [1.29, 1.82) is 0 Å². The topological polar surface area (TPSA) is 63.6 Å². The Bertz CT molecular complexity index is 320. The van der Waals surface area contributed by atoms with Crippen LogP contribution in [0.3, 0.4) is 0 Å². The predicted octanol–water partition coefficient (Wildman–Crippen LogP) is 3.87.